The molecule has 0 N–H and O–H groups in total. The molecule has 0 aliphatic carbocycles. The quantitative estimate of drug-likeness (QED) is 0.815. The second-order valence-corrected chi connectivity index (χ2v) is 5.90. The Kier molecular flexibility index (Phi) is 3.66. The molecule has 0 atom stereocenters. The summed E-state index contributed by atoms with van der Waals surface area (Å²) in [6, 6.07) is 1.86. The SMILES string of the molecule is Cn1cc(Oc2ccc(F)cc2S(=O)(=O)C(F)(F)F)cn1. The molecule has 0 spiro atoms. The number of hydrogen-bond acceptors (Lipinski definition) is 4. The second-order valence-electron chi connectivity index (χ2n) is 3.99. The molecule has 10 heteroatoms. The van der Waals surface area contributed by atoms with Crippen LogP contribution in [0, 0.1) is 5.82 Å². The van der Waals surface area contributed by atoms with Crippen molar-refractivity contribution >= 4 is 9.84 Å². The van der Waals surface area contributed by atoms with Gasteiger partial charge in [-0.1, -0.05) is 0 Å². The van der Waals surface area contributed by atoms with Crippen LogP contribution >= 0.6 is 0 Å². The van der Waals surface area contributed by atoms with Gasteiger partial charge in [0.1, 0.15) is 16.5 Å². The van der Waals surface area contributed by atoms with Gasteiger partial charge in [-0.2, -0.15) is 18.3 Å². The molecule has 0 saturated carbocycles. The van der Waals surface area contributed by atoms with Crippen LogP contribution in [0.2, 0.25) is 0 Å². The van der Waals surface area contributed by atoms with Gasteiger partial charge in [0.15, 0.2) is 5.75 Å². The molecule has 0 unspecified atom stereocenters. The first kappa shape index (κ1) is 15.3. The Hall–Kier alpha value is -2.10. The van der Waals surface area contributed by atoms with E-state index in [1.54, 1.807) is 0 Å². The standard InChI is InChI=1S/C11H8F4N2O3S/c1-17-6-8(5-16-17)20-9-3-2-7(12)4-10(9)21(18,19)11(13,14)15/h2-6H,1H3. The van der Waals surface area contributed by atoms with Crippen LogP contribution in [0.3, 0.4) is 0 Å². The normalized spacial score (nSPS) is 12.4. The molecule has 0 aliphatic heterocycles. The van der Waals surface area contributed by atoms with Gasteiger partial charge in [-0.15, -0.1) is 0 Å². The summed E-state index contributed by atoms with van der Waals surface area (Å²) < 4.78 is 80.1. The van der Waals surface area contributed by atoms with Crippen molar-refractivity contribution in [3.05, 3.63) is 36.4 Å². The molecule has 0 saturated heterocycles. The lowest BCUT2D eigenvalue weighted by Crippen LogP contribution is -2.23. The number of hydrogen-bond donors (Lipinski definition) is 0. The van der Waals surface area contributed by atoms with Crippen LogP contribution in [-0.2, 0) is 16.9 Å². The summed E-state index contributed by atoms with van der Waals surface area (Å²) in [5.74, 6) is -1.75. The topological polar surface area (TPSA) is 61.2 Å². The highest BCUT2D eigenvalue weighted by molar-refractivity contribution is 7.92. The molecule has 2 aromatic rings. The molecule has 0 radical (unpaired) electrons. The van der Waals surface area contributed by atoms with Crippen LogP contribution < -0.4 is 4.74 Å². The lowest BCUT2D eigenvalue weighted by atomic mass is 10.3. The van der Waals surface area contributed by atoms with Gasteiger partial charge in [0.05, 0.1) is 12.4 Å². The van der Waals surface area contributed by atoms with E-state index in [-0.39, 0.29) is 11.8 Å². The number of rotatable bonds is 3. The minimum atomic E-state index is -5.74. The maximum atomic E-state index is 13.1. The molecule has 5 nitrogen and oxygen atoms in total. The molecule has 1 heterocycles. The van der Waals surface area contributed by atoms with Gasteiger partial charge in [0.2, 0.25) is 0 Å². The monoisotopic (exact) mass is 324 g/mol. The largest absolute Gasteiger partial charge is 0.502 e. The fourth-order valence-electron chi connectivity index (χ4n) is 1.48. The Morgan fingerprint density at radius 1 is 1.29 bits per heavy atom. The van der Waals surface area contributed by atoms with Crippen molar-refractivity contribution in [1.29, 1.82) is 0 Å². The summed E-state index contributed by atoms with van der Waals surface area (Å²) in [6.07, 6.45) is 2.49. The third-order valence-electron chi connectivity index (χ3n) is 2.41. The van der Waals surface area contributed by atoms with Crippen LogP contribution in [0.5, 0.6) is 11.5 Å². The van der Waals surface area contributed by atoms with Crippen LogP contribution in [0.15, 0.2) is 35.5 Å². The van der Waals surface area contributed by atoms with E-state index in [0.717, 1.165) is 12.1 Å². The van der Waals surface area contributed by atoms with Crippen LogP contribution in [0.25, 0.3) is 0 Å². The number of aryl methyl sites for hydroxylation is 1. The van der Waals surface area contributed by atoms with Gasteiger partial charge < -0.3 is 4.74 Å². The molecule has 0 aliphatic rings. The number of ether oxygens (including phenoxy) is 1. The van der Waals surface area contributed by atoms with E-state index in [1.807, 2.05) is 0 Å². The summed E-state index contributed by atoms with van der Waals surface area (Å²) in [5.41, 5.74) is -5.56. The summed E-state index contributed by atoms with van der Waals surface area (Å²) in [4.78, 5) is -1.29. The van der Waals surface area contributed by atoms with Crippen LogP contribution in [0.4, 0.5) is 17.6 Å². The fourth-order valence-corrected chi connectivity index (χ4v) is 2.37. The Labute approximate surface area is 116 Å². The average Bonchev–Trinajstić information content (AvgIpc) is 2.75. The van der Waals surface area contributed by atoms with E-state index in [9.17, 15) is 26.0 Å². The van der Waals surface area contributed by atoms with Gasteiger partial charge in [-0.25, -0.2) is 12.8 Å². The first-order valence-corrected chi connectivity index (χ1v) is 6.87. The van der Waals surface area contributed by atoms with Crippen molar-refractivity contribution in [2.24, 2.45) is 7.05 Å². The molecule has 21 heavy (non-hydrogen) atoms. The molecule has 1 aromatic carbocycles. The summed E-state index contributed by atoms with van der Waals surface area (Å²) in [7, 11) is -4.20. The van der Waals surface area contributed by atoms with Crippen molar-refractivity contribution in [2.75, 3.05) is 0 Å². The minimum Gasteiger partial charge on any atom is -0.453 e. The zero-order valence-corrected chi connectivity index (χ0v) is 11.2. The molecule has 0 bridgehead atoms. The van der Waals surface area contributed by atoms with E-state index in [0.29, 0.717) is 0 Å². The number of alkyl halides is 3. The van der Waals surface area contributed by atoms with Crippen molar-refractivity contribution in [3.63, 3.8) is 0 Å². The molecule has 2 rings (SSSR count). The molecule has 114 valence electrons. The van der Waals surface area contributed by atoms with Crippen molar-refractivity contribution in [2.45, 2.75) is 10.4 Å². The Balaban J connectivity index is 2.53. The highest BCUT2D eigenvalue weighted by Gasteiger charge is 2.48. The van der Waals surface area contributed by atoms with Crippen LogP contribution in [-0.4, -0.2) is 23.7 Å². The third kappa shape index (κ3) is 2.99. The highest BCUT2D eigenvalue weighted by Crippen LogP contribution is 2.37. The number of aromatic nitrogens is 2. The van der Waals surface area contributed by atoms with Gasteiger partial charge >= 0.3 is 5.51 Å². The molecule has 0 amide bonds. The lowest BCUT2D eigenvalue weighted by Gasteiger charge is -2.12. The number of halogens is 4. The van der Waals surface area contributed by atoms with E-state index in [2.05, 4.69) is 5.10 Å². The number of benzene rings is 1. The summed E-state index contributed by atoms with van der Waals surface area (Å²) >= 11 is 0. The Morgan fingerprint density at radius 2 is 1.95 bits per heavy atom. The molecule has 1 aromatic heterocycles. The molecule has 0 fully saturated rings. The van der Waals surface area contributed by atoms with Gasteiger partial charge in [0.25, 0.3) is 9.84 Å². The minimum absolute atomic E-state index is 0.0164. The van der Waals surface area contributed by atoms with Gasteiger partial charge in [0, 0.05) is 7.05 Å². The van der Waals surface area contributed by atoms with E-state index >= 15 is 0 Å². The van der Waals surface area contributed by atoms with Gasteiger partial charge in [-0.05, 0) is 18.2 Å². The number of sulfone groups is 1. The second kappa shape index (κ2) is 5.02. The first-order chi connectivity index (χ1) is 9.61. The zero-order valence-electron chi connectivity index (χ0n) is 10.4. The third-order valence-corrected chi connectivity index (χ3v) is 3.92. The molecular formula is C11H8F4N2O3S. The van der Waals surface area contributed by atoms with E-state index < -0.39 is 31.8 Å². The van der Waals surface area contributed by atoms with E-state index in [4.69, 9.17) is 4.74 Å². The van der Waals surface area contributed by atoms with Crippen molar-refractivity contribution in [3.8, 4) is 11.5 Å². The predicted octanol–water partition coefficient (Wildman–Crippen LogP) is 2.65. The zero-order chi connectivity index (χ0) is 15.8. The highest BCUT2D eigenvalue weighted by atomic mass is 32.2. The Morgan fingerprint density at radius 3 is 2.48 bits per heavy atom. The molecular weight excluding hydrogens is 316 g/mol. The van der Waals surface area contributed by atoms with Crippen molar-refractivity contribution in [1.82, 2.24) is 9.78 Å². The number of nitrogens with zero attached hydrogens (tertiary/aromatic N) is 2. The fraction of sp³-hybridized carbons (Fsp3) is 0.182. The van der Waals surface area contributed by atoms with E-state index in [1.165, 1.54) is 24.1 Å². The maximum Gasteiger partial charge on any atom is 0.502 e. The predicted molar refractivity (Wildman–Crippen MR) is 62.9 cm³/mol. The lowest BCUT2D eigenvalue weighted by molar-refractivity contribution is -0.0437. The maximum absolute atomic E-state index is 13.1. The average molecular weight is 324 g/mol. The van der Waals surface area contributed by atoms with Crippen LogP contribution in [0.1, 0.15) is 0 Å². The Bertz CT molecular complexity index is 768. The summed E-state index contributed by atoms with van der Waals surface area (Å²) in [6.45, 7) is 0. The van der Waals surface area contributed by atoms with Crippen molar-refractivity contribution < 1.29 is 30.7 Å². The first-order valence-electron chi connectivity index (χ1n) is 5.38. The van der Waals surface area contributed by atoms with Gasteiger partial charge in [-0.3, -0.25) is 4.68 Å². The smallest absolute Gasteiger partial charge is 0.453 e. The summed E-state index contributed by atoms with van der Waals surface area (Å²) in [5, 5.41) is 3.72.